The van der Waals surface area contributed by atoms with Gasteiger partial charge in [-0.1, -0.05) is 26.2 Å². The van der Waals surface area contributed by atoms with Crippen LogP contribution in [0.4, 0.5) is 0 Å². The highest BCUT2D eigenvalue weighted by Gasteiger charge is 2.23. The molecule has 6 nitrogen and oxygen atoms in total. The van der Waals surface area contributed by atoms with E-state index in [2.05, 4.69) is 33.2 Å². The Morgan fingerprint density at radius 3 is 2.84 bits per heavy atom. The standard InChI is InChI=1S/C25H32N4O2S/c1-4-19-14-18(10-11-26-19)25-28-22(16-32-25)23-15-21(17(2)29(23)12-13-31-3)24(30)27-20-8-6-5-7-9-20/h10-11,14-16,20H,4-9,12-13H2,1-3H3,(H,27,30). The Hall–Kier alpha value is -2.51. The Morgan fingerprint density at radius 2 is 2.09 bits per heavy atom. The van der Waals surface area contributed by atoms with Gasteiger partial charge in [-0.15, -0.1) is 11.3 Å². The van der Waals surface area contributed by atoms with Crippen LogP contribution in [-0.4, -0.2) is 40.2 Å². The molecule has 3 heterocycles. The Morgan fingerprint density at radius 1 is 1.28 bits per heavy atom. The quantitative estimate of drug-likeness (QED) is 0.507. The zero-order valence-electron chi connectivity index (χ0n) is 19.2. The summed E-state index contributed by atoms with van der Waals surface area (Å²) < 4.78 is 7.49. The van der Waals surface area contributed by atoms with Crippen molar-refractivity contribution in [2.24, 2.45) is 0 Å². The Kier molecular flexibility index (Phi) is 7.37. The van der Waals surface area contributed by atoms with E-state index < -0.39 is 0 Å². The number of aryl methyl sites for hydroxylation is 1. The van der Waals surface area contributed by atoms with Crippen LogP contribution in [-0.2, 0) is 17.7 Å². The lowest BCUT2D eigenvalue weighted by molar-refractivity contribution is 0.0927. The second-order valence-electron chi connectivity index (χ2n) is 8.41. The van der Waals surface area contributed by atoms with Crippen LogP contribution >= 0.6 is 11.3 Å². The number of ether oxygens (including phenoxy) is 1. The summed E-state index contributed by atoms with van der Waals surface area (Å²) in [5.41, 5.74) is 5.66. The monoisotopic (exact) mass is 452 g/mol. The second kappa shape index (κ2) is 10.4. The number of carbonyl (C=O) groups excluding carboxylic acids is 1. The van der Waals surface area contributed by atoms with Crippen molar-refractivity contribution < 1.29 is 9.53 Å². The molecule has 0 atom stereocenters. The topological polar surface area (TPSA) is 69.0 Å². The first-order chi connectivity index (χ1) is 15.6. The number of thiazole rings is 1. The summed E-state index contributed by atoms with van der Waals surface area (Å²) in [5.74, 6) is 0.0176. The molecule has 32 heavy (non-hydrogen) atoms. The number of hydrogen-bond donors (Lipinski definition) is 1. The van der Waals surface area contributed by atoms with E-state index in [0.717, 1.165) is 58.2 Å². The SMILES string of the molecule is CCc1cc(-c2nc(-c3cc(C(=O)NC4CCCCC4)c(C)n3CCOC)cs2)ccn1. The summed E-state index contributed by atoms with van der Waals surface area (Å²) in [6.07, 6.45) is 8.54. The molecular weight excluding hydrogens is 420 g/mol. The van der Waals surface area contributed by atoms with Crippen molar-refractivity contribution in [3.05, 3.63) is 46.7 Å². The lowest BCUT2D eigenvalue weighted by Gasteiger charge is -2.22. The van der Waals surface area contributed by atoms with Gasteiger partial charge < -0.3 is 14.6 Å². The number of carbonyl (C=O) groups is 1. The first-order valence-corrected chi connectivity index (χ1v) is 12.4. The largest absolute Gasteiger partial charge is 0.383 e. The van der Waals surface area contributed by atoms with Crippen LogP contribution in [0.3, 0.4) is 0 Å². The minimum absolute atomic E-state index is 0.0176. The van der Waals surface area contributed by atoms with Gasteiger partial charge in [-0.05, 0) is 44.4 Å². The number of methoxy groups -OCH3 is 1. The Bertz CT molecular complexity index is 1070. The van der Waals surface area contributed by atoms with E-state index in [9.17, 15) is 4.79 Å². The van der Waals surface area contributed by atoms with Crippen LogP contribution < -0.4 is 5.32 Å². The van der Waals surface area contributed by atoms with E-state index in [1.165, 1.54) is 19.3 Å². The molecule has 0 bridgehead atoms. The Balaban J connectivity index is 1.64. The van der Waals surface area contributed by atoms with Gasteiger partial charge in [0.15, 0.2) is 0 Å². The van der Waals surface area contributed by atoms with Crippen LogP contribution in [0, 0.1) is 6.92 Å². The lowest BCUT2D eigenvalue weighted by atomic mass is 9.95. The Labute approximate surface area is 194 Å². The van der Waals surface area contributed by atoms with E-state index in [0.29, 0.717) is 13.2 Å². The molecule has 1 aliphatic carbocycles. The molecule has 0 unspecified atom stereocenters. The van der Waals surface area contributed by atoms with Crippen molar-refractivity contribution >= 4 is 17.2 Å². The first-order valence-electron chi connectivity index (χ1n) is 11.5. The summed E-state index contributed by atoms with van der Waals surface area (Å²) in [6.45, 7) is 5.37. The molecule has 1 aliphatic rings. The van der Waals surface area contributed by atoms with Crippen LogP contribution in [0.25, 0.3) is 22.0 Å². The number of aromatic nitrogens is 3. The van der Waals surface area contributed by atoms with Crippen molar-refractivity contribution in [2.75, 3.05) is 13.7 Å². The van der Waals surface area contributed by atoms with E-state index in [1.54, 1.807) is 18.4 Å². The van der Waals surface area contributed by atoms with Crippen molar-refractivity contribution in [3.63, 3.8) is 0 Å². The van der Waals surface area contributed by atoms with Gasteiger partial charge >= 0.3 is 0 Å². The van der Waals surface area contributed by atoms with Gasteiger partial charge in [0.2, 0.25) is 0 Å². The normalized spacial score (nSPS) is 14.6. The highest BCUT2D eigenvalue weighted by atomic mass is 32.1. The minimum Gasteiger partial charge on any atom is -0.383 e. The molecule has 0 aliphatic heterocycles. The number of nitrogens with zero attached hydrogens (tertiary/aromatic N) is 3. The van der Waals surface area contributed by atoms with Crippen molar-refractivity contribution in [1.29, 1.82) is 0 Å². The van der Waals surface area contributed by atoms with Gasteiger partial charge in [0.05, 0.1) is 23.6 Å². The fourth-order valence-electron chi connectivity index (χ4n) is 4.40. The predicted molar refractivity (Wildman–Crippen MR) is 129 cm³/mol. The summed E-state index contributed by atoms with van der Waals surface area (Å²) in [6, 6.07) is 6.37. The third kappa shape index (κ3) is 4.94. The summed E-state index contributed by atoms with van der Waals surface area (Å²) in [4.78, 5) is 22.4. The lowest BCUT2D eigenvalue weighted by Crippen LogP contribution is -2.36. The molecule has 4 rings (SSSR count). The van der Waals surface area contributed by atoms with Gasteiger partial charge in [0.1, 0.15) is 5.01 Å². The van der Waals surface area contributed by atoms with Crippen LogP contribution in [0.2, 0.25) is 0 Å². The summed E-state index contributed by atoms with van der Waals surface area (Å²) in [7, 11) is 1.70. The predicted octanol–water partition coefficient (Wildman–Crippen LogP) is 5.25. The first kappa shape index (κ1) is 22.7. The maximum atomic E-state index is 13.1. The maximum absolute atomic E-state index is 13.1. The molecule has 0 radical (unpaired) electrons. The number of rotatable bonds is 8. The smallest absolute Gasteiger partial charge is 0.253 e. The average Bonchev–Trinajstić information content (AvgIpc) is 3.43. The van der Waals surface area contributed by atoms with E-state index >= 15 is 0 Å². The molecule has 1 amide bonds. The molecule has 0 aromatic carbocycles. The summed E-state index contributed by atoms with van der Waals surface area (Å²) in [5, 5.41) is 6.29. The number of pyridine rings is 1. The summed E-state index contributed by atoms with van der Waals surface area (Å²) >= 11 is 1.62. The fraction of sp³-hybridized carbons (Fsp3) is 0.480. The molecule has 3 aromatic rings. The maximum Gasteiger partial charge on any atom is 0.253 e. The van der Waals surface area contributed by atoms with Crippen molar-refractivity contribution in [3.8, 4) is 22.0 Å². The fourth-order valence-corrected chi connectivity index (χ4v) is 5.21. The highest BCUT2D eigenvalue weighted by molar-refractivity contribution is 7.13. The van der Waals surface area contributed by atoms with Gasteiger partial charge in [0, 0.05) is 48.2 Å². The molecule has 0 saturated heterocycles. The van der Waals surface area contributed by atoms with E-state index in [-0.39, 0.29) is 11.9 Å². The van der Waals surface area contributed by atoms with E-state index in [4.69, 9.17) is 9.72 Å². The molecule has 170 valence electrons. The van der Waals surface area contributed by atoms with Crippen molar-refractivity contribution in [2.45, 2.75) is 65.0 Å². The van der Waals surface area contributed by atoms with Gasteiger partial charge in [-0.25, -0.2) is 4.98 Å². The minimum atomic E-state index is 0.0176. The number of hydrogen-bond acceptors (Lipinski definition) is 5. The van der Waals surface area contributed by atoms with Crippen LogP contribution in [0.15, 0.2) is 29.8 Å². The molecule has 1 fully saturated rings. The van der Waals surface area contributed by atoms with Gasteiger partial charge in [-0.3, -0.25) is 9.78 Å². The third-order valence-electron chi connectivity index (χ3n) is 6.26. The highest BCUT2D eigenvalue weighted by Crippen LogP contribution is 2.32. The van der Waals surface area contributed by atoms with Crippen molar-refractivity contribution in [1.82, 2.24) is 19.9 Å². The van der Waals surface area contributed by atoms with Gasteiger partial charge in [-0.2, -0.15) is 0 Å². The van der Waals surface area contributed by atoms with Gasteiger partial charge in [0.25, 0.3) is 5.91 Å². The molecule has 1 saturated carbocycles. The van der Waals surface area contributed by atoms with Crippen LogP contribution in [0.1, 0.15) is 60.8 Å². The van der Waals surface area contributed by atoms with E-state index in [1.807, 2.05) is 25.3 Å². The zero-order chi connectivity index (χ0) is 22.5. The molecule has 3 aromatic heterocycles. The average molecular weight is 453 g/mol. The molecule has 0 spiro atoms. The molecule has 1 N–H and O–H groups in total. The molecule has 7 heteroatoms. The third-order valence-corrected chi connectivity index (χ3v) is 7.15. The zero-order valence-corrected chi connectivity index (χ0v) is 20.0. The number of amides is 1. The number of nitrogens with one attached hydrogen (secondary N) is 1. The van der Waals surface area contributed by atoms with Crippen LogP contribution in [0.5, 0.6) is 0 Å². The second-order valence-corrected chi connectivity index (χ2v) is 9.27. The molecular formula is C25H32N4O2S.